The number of nitrogens with one attached hydrogen (secondary N) is 2. The second kappa shape index (κ2) is 8.11. The van der Waals surface area contributed by atoms with Crippen molar-refractivity contribution in [3.63, 3.8) is 0 Å². The summed E-state index contributed by atoms with van der Waals surface area (Å²) in [5, 5.41) is 0. The normalized spacial score (nSPS) is 10.2. The number of amides is 1. The molecule has 3 rings (SSSR count). The van der Waals surface area contributed by atoms with E-state index in [0.29, 0.717) is 23.9 Å². The third kappa shape index (κ3) is 4.80. The van der Waals surface area contributed by atoms with E-state index in [2.05, 4.69) is 20.8 Å². The van der Waals surface area contributed by atoms with Crippen LogP contribution in [0.2, 0.25) is 0 Å². The summed E-state index contributed by atoms with van der Waals surface area (Å²) in [6.07, 6.45) is 0. The molecule has 0 aliphatic carbocycles. The van der Waals surface area contributed by atoms with E-state index in [9.17, 15) is 4.79 Å². The predicted octanol–water partition coefficient (Wildman–Crippen LogP) is 3.43. The zero-order valence-corrected chi connectivity index (χ0v) is 14.7. The third-order valence-corrected chi connectivity index (χ3v) is 3.63. The van der Waals surface area contributed by atoms with Crippen LogP contribution in [-0.2, 0) is 6.61 Å². The summed E-state index contributed by atoms with van der Waals surface area (Å²) in [5.74, 6) is 0.789. The lowest BCUT2D eigenvalue weighted by Gasteiger charge is -2.09. The van der Waals surface area contributed by atoms with Crippen LogP contribution in [0.4, 0.5) is 5.95 Å². The molecule has 0 fully saturated rings. The van der Waals surface area contributed by atoms with Gasteiger partial charge in [0.15, 0.2) is 0 Å². The van der Waals surface area contributed by atoms with Crippen LogP contribution in [0.3, 0.4) is 0 Å². The molecule has 0 radical (unpaired) electrons. The van der Waals surface area contributed by atoms with Crippen molar-refractivity contribution >= 4 is 11.9 Å². The van der Waals surface area contributed by atoms with Gasteiger partial charge in [-0.1, -0.05) is 30.3 Å². The Kier molecular flexibility index (Phi) is 5.43. The van der Waals surface area contributed by atoms with E-state index in [0.717, 1.165) is 17.0 Å². The van der Waals surface area contributed by atoms with Gasteiger partial charge in [0.25, 0.3) is 5.91 Å². The molecule has 0 saturated heterocycles. The van der Waals surface area contributed by atoms with E-state index >= 15 is 0 Å². The summed E-state index contributed by atoms with van der Waals surface area (Å²) in [4.78, 5) is 20.6. The minimum Gasteiger partial charge on any atom is -0.489 e. The van der Waals surface area contributed by atoms with Crippen LogP contribution in [0.25, 0.3) is 0 Å². The number of hydrazine groups is 1. The van der Waals surface area contributed by atoms with Crippen molar-refractivity contribution in [3.8, 4) is 5.75 Å². The maximum absolute atomic E-state index is 12.2. The van der Waals surface area contributed by atoms with E-state index in [-0.39, 0.29) is 5.91 Å². The molecule has 0 aliphatic heterocycles. The molecule has 2 N–H and O–H groups in total. The highest BCUT2D eigenvalue weighted by molar-refractivity contribution is 5.94. The van der Waals surface area contributed by atoms with Crippen molar-refractivity contribution in [2.45, 2.75) is 20.5 Å². The fourth-order valence-corrected chi connectivity index (χ4v) is 2.41. The Labute approximate surface area is 152 Å². The van der Waals surface area contributed by atoms with Crippen LogP contribution >= 0.6 is 0 Å². The van der Waals surface area contributed by atoms with Crippen molar-refractivity contribution in [2.24, 2.45) is 0 Å². The van der Waals surface area contributed by atoms with Gasteiger partial charge in [0.1, 0.15) is 12.4 Å². The number of hydrogen-bond acceptors (Lipinski definition) is 5. The first-order chi connectivity index (χ1) is 12.6. The predicted molar refractivity (Wildman–Crippen MR) is 99.8 cm³/mol. The lowest BCUT2D eigenvalue weighted by Crippen LogP contribution is -2.30. The van der Waals surface area contributed by atoms with Gasteiger partial charge in [-0.2, -0.15) is 0 Å². The number of rotatable bonds is 6. The summed E-state index contributed by atoms with van der Waals surface area (Å²) < 4.78 is 5.72. The Balaban J connectivity index is 1.54. The Morgan fingerprint density at radius 3 is 2.27 bits per heavy atom. The summed E-state index contributed by atoms with van der Waals surface area (Å²) in [7, 11) is 0. The number of anilines is 1. The molecular formula is C20H20N4O2. The maximum atomic E-state index is 12.2. The van der Waals surface area contributed by atoms with Crippen molar-refractivity contribution in [1.29, 1.82) is 0 Å². The molecule has 2 aromatic carbocycles. The minimum atomic E-state index is -0.276. The van der Waals surface area contributed by atoms with Crippen molar-refractivity contribution in [3.05, 3.63) is 83.2 Å². The summed E-state index contributed by atoms with van der Waals surface area (Å²) in [6.45, 7) is 4.23. The molecule has 3 aromatic rings. The Hall–Kier alpha value is -3.41. The number of ether oxygens (including phenoxy) is 1. The van der Waals surface area contributed by atoms with Gasteiger partial charge in [0, 0.05) is 17.0 Å². The van der Waals surface area contributed by atoms with Gasteiger partial charge in [-0.3, -0.25) is 15.6 Å². The first kappa shape index (κ1) is 17.4. The lowest BCUT2D eigenvalue weighted by atomic mass is 10.2. The molecule has 0 unspecified atom stereocenters. The van der Waals surface area contributed by atoms with Crippen LogP contribution in [0, 0.1) is 13.8 Å². The zero-order valence-electron chi connectivity index (χ0n) is 14.7. The molecule has 1 heterocycles. The highest BCUT2D eigenvalue weighted by atomic mass is 16.5. The largest absolute Gasteiger partial charge is 0.489 e. The maximum Gasteiger partial charge on any atom is 0.269 e. The quantitative estimate of drug-likeness (QED) is 0.668. The van der Waals surface area contributed by atoms with Crippen molar-refractivity contribution < 1.29 is 9.53 Å². The molecule has 132 valence electrons. The van der Waals surface area contributed by atoms with Gasteiger partial charge in [0.2, 0.25) is 5.95 Å². The fourth-order valence-electron chi connectivity index (χ4n) is 2.41. The number of carbonyl (C=O) groups excluding carboxylic acids is 1. The topological polar surface area (TPSA) is 76.1 Å². The number of nitrogens with zero attached hydrogens (tertiary/aromatic N) is 2. The monoisotopic (exact) mass is 348 g/mol. The molecule has 0 bridgehead atoms. The average Bonchev–Trinajstić information content (AvgIpc) is 2.65. The summed E-state index contributed by atoms with van der Waals surface area (Å²) in [5.41, 5.74) is 8.58. The molecule has 0 saturated carbocycles. The Morgan fingerprint density at radius 2 is 1.62 bits per heavy atom. The Bertz CT molecular complexity index is 860. The first-order valence-corrected chi connectivity index (χ1v) is 8.25. The zero-order chi connectivity index (χ0) is 18.4. The van der Waals surface area contributed by atoms with Gasteiger partial charge in [-0.15, -0.1) is 0 Å². The number of aryl methyl sites for hydroxylation is 2. The van der Waals surface area contributed by atoms with Crippen LogP contribution in [0.5, 0.6) is 5.75 Å². The van der Waals surface area contributed by atoms with Gasteiger partial charge in [0.05, 0.1) is 0 Å². The third-order valence-electron chi connectivity index (χ3n) is 3.63. The molecule has 6 nitrogen and oxygen atoms in total. The van der Waals surface area contributed by atoms with E-state index in [1.54, 1.807) is 24.3 Å². The molecule has 6 heteroatoms. The van der Waals surface area contributed by atoms with Gasteiger partial charge in [-0.25, -0.2) is 9.97 Å². The molecule has 26 heavy (non-hydrogen) atoms. The highest BCUT2D eigenvalue weighted by Crippen LogP contribution is 2.14. The molecular weight excluding hydrogens is 328 g/mol. The van der Waals surface area contributed by atoms with Crippen LogP contribution < -0.4 is 15.6 Å². The summed E-state index contributed by atoms with van der Waals surface area (Å²) in [6, 6.07) is 18.7. The minimum absolute atomic E-state index is 0.276. The van der Waals surface area contributed by atoms with Gasteiger partial charge < -0.3 is 4.74 Å². The van der Waals surface area contributed by atoms with E-state index in [1.807, 2.05) is 50.2 Å². The highest BCUT2D eigenvalue weighted by Gasteiger charge is 2.07. The van der Waals surface area contributed by atoms with E-state index < -0.39 is 0 Å². The number of benzene rings is 2. The van der Waals surface area contributed by atoms with Crippen molar-refractivity contribution in [2.75, 3.05) is 5.43 Å². The van der Waals surface area contributed by atoms with E-state index in [1.165, 1.54) is 0 Å². The SMILES string of the molecule is Cc1cc(C)nc(NNC(=O)c2ccc(OCc3ccccc3)cc2)n1. The van der Waals surface area contributed by atoms with Gasteiger partial charge >= 0.3 is 0 Å². The standard InChI is InChI=1S/C20H20N4O2/c1-14-12-15(2)22-20(21-14)24-23-19(25)17-8-10-18(11-9-17)26-13-16-6-4-3-5-7-16/h3-12H,13H2,1-2H3,(H,23,25)(H,21,22,24). The molecule has 1 amide bonds. The molecule has 0 spiro atoms. The smallest absolute Gasteiger partial charge is 0.269 e. The Morgan fingerprint density at radius 1 is 0.962 bits per heavy atom. The number of hydrogen-bond donors (Lipinski definition) is 2. The van der Waals surface area contributed by atoms with Crippen LogP contribution in [0.1, 0.15) is 27.3 Å². The second-order valence-electron chi connectivity index (χ2n) is 5.85. The number of aromatic nitrogens is 2. The van der Waals surface area contributed by atoms with Gasteiger partial charge in [-0.05, 0) is 49.7 Å². The van der Waals surface area contributed by atoms with Crippen LogP contribution in [-0.4, -0.2) is 15.9 Å². The lowest BCUT2D eigenvalue weighted by molar-refractivity contribution is 0.0962. The second-order valence-corrected chi connectivity index (χ2v) is 5.85. The first-order valence-electron chi connectivity index (χ1n) is 8.25. The van der Waals surface area contributed by atoms with Crippen molar-refractivity contribution in [1.82, 2.24) is 15.4 Å². The van der Waals surface area contributed by atoms with Crippen LogP contribution in [0.15, 0.2) is 60.7 Å². The molecule has 0 aliphatic rings. The number of carbonyl (C=O) groups is 1. The average molecular weight is 348 g/mol. The molecule has 1 aromatic heterocycles. The summed E-state index contributed by atoms with van der Waals surface area (Å²) >= 11 is 0. The van der Waals surface area contributed by atoms with E-state index in [4.69, 9.17) is 4.74 Å². The fraction of sp³-hybridized carbons (Fsp3) is 0.150. The molecule has 0 atom stereocenters.